The average Bonchev–Trinajstić information content (AvgIpc) is 3.05. The summed E-state index contributed by atoms with van der Waals surface area (Å²) in [7, 11) is -3.04. The van der Waals surface area contributed by atoms with Crippen LogP contribution in [0.5, 0.6) is 0 Å². The summed E-state index contributed by atoms with van der Waals surface area (Å²) in [6.07, 6.45) is 2.93. The zero-order valence-electron chi connectivity index (χ0n) is 13.4. The first-order valence-electron chi connectivity index (χ1n) is 7.74. The van der Waals surface area contributed by atoms with E-state index in [0.29, 0.717) is 13.1 Å². The zero-order chi connectivity index (χ0) is 18.2. The highest BCUT2D eigenvalue weighted by Crippen LogP contribution is 2.47. The van der Waals surface area contributed by atoms with Gasteiger partial charge in [0.2, 0.25) is 5.82 Å². The van der Waals surface area contributed by atoms with Crippen molar-refractivity contribution in [2.45, 2.75) is 24.6 Å². The molecule has 0 saturated carbocycles. The topological polar surface area (TPSA) is 59.2 Å². The quantitative estimate of drug-likeness (QED) is 0.576. The number of halogens is 4. The molecule has 0 bridgehead atoms. The molecule has 0 spiro atoms. The Hall–Kier alpha value is -1.37. The van der Waals surface area contributed by atoms with Crippen molar-refractivity contribution in [3.63, 3.8) is 0 Å². The molecule has 25 heavy (non-hydrogen) atoms. The van der Waals surface area contributed by atoms with E-state index in [1.54, 1.807) is 0 Å². The monoisotopic (exact) mass is 393 g/mol. The molecule has 5 nitrogen and oxygen atoms in total. The molecular formula is C15H16ClF3N3O2P. The maximum absolute atomic E-state index is 14.6. The number of piperidine rings is 1. The van der Waals surface area contributed by atoms with Crippen LogP contribution in [0.3, 0.4) is 0 Å². The van der Waals surface area contributed by atoms with Crippen LogP contribution in [0.25, 0.3) is 11.4 Å². The summed E-state index contributed by atoms with van der Waals surface area (Å²) in [6.45, 7) is 2.86. The predicted molar refractivity (Wildman–Crippen MR) is 88.0 cm³/mol. The number of hydrogen-bond donors (Lipinski definition) is 0. The van der Waals surface area contributed by atoms with Crippen LogP contribution in [0.4, 0.5) is 13.2 Å². The average molecular weight is 394 g/mol. The molecule has 1 atom stereocenters. The van der Waals surface area contributed by atoms with Crippen LogP contribution in [0.15, 0.2) is 22.7 Å². The van der Waals surface area contributed by atoms with Crippen LogP contribution >= 0.6 is 18.9 Å². The Bertz CT molecular complexity index is 819. The van der Waals surface area contributed by atoms with E-state index in [4.69, 9.17) is 11.6 Å². The highest BCUT2D eigenvalue weighted by atomic mass is 35.5. The third kappa shape index (κ3) is 3.76. The zero-order valence-corrected chi connectivity index (χ0v) is 15.0. The summed E-state index contributed by atoms with van der Waals surface area (Å²) in [6, 6.07) is 3.88. The van der Waals surface area contributed by atoms with Gasteiger partial charge in [-0.25, -0.2) is 9.06 Å². The molecule has 2 aromatic rings. The molecule has 0 amide bonds. The van der Waals surface area contributed by atoms with Crippen molar-refractivity contribution in [3.8, 4) is 11.4 Å². The summed E-state index contributed by atoms with van der Waals surface area (Å²) >= 11 is 4.82. The van der Waals surface area contributed by atoms with Gasteiger partial charge in [-0.2, -0.15) is 13.8 Å². The highest BCUT2D eigenvalue weighted by molar-refractivity contribution is 7.68. The second-order valence-corrected chi connectivity index (χ2v) is 9.26. The van der Waals surface area contributed by atoms with Crippen LogP contribution in [-0.4, -0.2) is 34.6 Å². The normalized spacial score (nSPS) is 18.9. The van der Waals surface area contributed by atoms with Gasteiger partial charge >= 0.3 is 11.3 Å². The van der Waals surface area contributed by atoms with Crippen LogP contribution < -0.4 is 5.30 Å². The fourth-order valence-corrected chi connectivity index (χ4v) is 5.09. The second-order valence-electron chi connectivity index (χ2n) is 5.98. The van der Waals surface area contributed by atoms with Crippen molar-refractivity contribution >= 4 is 24.2 Å². The number of hydrogen-bond acceptors (Lipinski definition) is 4. The fourth-order valence-electron chi connectivity index (χ4n) is 2.85. The number of alkyl halides is 3. The van der Waals surface area contributed by atoms with Crippen molar-refractivity contribution in [1.29, 1.82) is 0 Å². The molecule has 3 rings (SSSR count). The third-order valence-electron chi connectivity index (χ3n) is 4.19. The van der Waals surface area contributed by atoms with E-state index in [0.717, 1.165) is 25.3 Å². The minimum Gasteiger partial charge on any atom is -0.331 e. The van der Waals surface area contributed by atoms with E-state index in [-0.39, 0.29) is 16.7 Å². The molecule has 1 aliphatic rings. The van der Waals surface area contributed by atoms with E-state index in [2.05, 4.69) is 14.7 Å². The maximum Gasteiger partial charge on any atom is 0.400 e. The molecule has 1 fully saturated rings. The summed E-state index contributed by atoms with van der Waals surface area (Å²) in [4.78, 5) is 3.47. The van der Waals surface area contributed by atoms with Crippen LogP contribution in [0, 0.1) is 5.82 Å². The number of rotatable bonds is 4. The van der Waals surface area contributed by atoms with Crippen molar-refractivity contribution in [3.05, 3.63) is 29.9 Å². The van der Waals surface area contributed by atoms with E-state index in [9.17, 15) is 17.7 Å². The van der Waals surface area contributed by atoms with Gasteiger partial charge in [0.25, 0.3) is 0 Å². The number of nitrogens with zero attached hydrogens (tertiary/aromatic N) is 3. The van der Waals surface area contributed by atoms with E-state index >= 15 is 0 Å². The maximum atomic E-state index is 14.6. The van der Waals surface area contributed by atoms with E-state index < -0.39 is 24.4 Å². The lowest BCUT2D eigenvalue weighted by atomic mass is 10.2. The minimum absolute atomic E-state index is 0.101. The van der Waals surface area contributed by atoms with Gasteiger partial charge in [0.1, 0.15) is 5.82 Å². The lowest BCUT2D eigenvalue weighted by Crippen LogP contribution is -2.31. The highest BCUT2D eigenvalue weighted by Gasteiger charge is 2.36. The second kappa shape index (κ2) is 6.74. The molecule has 10 heteroatoms. The molecule has 0 N–H and O–H groups in total. The summed E-state index contributed by atoms with van der Waals surface area (Å²) in [5.74, 6) is -1.98. The Labute approximate surface area is 147 Å². The van der Waals surface area contributed by atoms with Gasteiger partial charge in [-0.05, 0) is 36.6 Å². The van der Waals surface area contributed by atoms with E-state index in [1.807, 2.05) is 4.67 Å². The minimum atomic E-state index is -3.79. The van der Waals surface area contributed by atoms with Crippen molar-refractivity contribution in [2.75, 3.05) is 19.8 Å². The summed E-state index contributed by atoms with van der Waals surface area (Å²) in [5, 5.41) is -0.314. The lowest BCUT2D eigenvalue weighted by molar-refractivity contribution is 0.0551. The molecule has 136 valence electrons. The molecule has 1 saturated heterocycles. The first-order chi connectivity index (χ1) is 11.7. The van der Waals surface area contributed by atoms with Gasteiger partial charge in [0.05, 0.1) is 5.30 Å². The first kappa shape index (κ1) is 18.4. The fraction of sp³-hybridized carbons (Fsp3) is 0.467. The molecule has 0 radical (unpaired) electrons. The third-order valence-corrected chi connectivity index (χ3v) is 7.09. The van der Waals surface area contributed by atoms with Crippen LogP contribution in [-0.2, 0) is 9.95 Å². The predicted octanol–water partition coefficient (Wildman–Crippen LogP) is 4.18. The standard InChI is InChI=1S/C15H16ClF3N3O2P/c1-25(23,22-7-3-2-4-8-22)12-6-5-10(9-11(12)17)13-20-14(24-21-13)15(16,18)19/h5-6,9H,2-4,7-8H2,1H3. The Balaban J connectivity index is 1.90. The first-order valence-corrected chi connectivity index (χ1v) is 10.2. The number of benzene rings is 1. The molecule has 0 aliphatic carbocycles. The van der Waals surface area contributed by atoms with Gasteiger partial charge in [0.15, 0.2) is 7.29 Å². The van der Waals surface area contributed by atoms with Gasteiger partial charge in [-0.15, -0.1) is 0 Å². The Kier molecular flexibility index (Phi) is 4.97. The van der Waals surface area contributed by atoms with Crippen molar-refractivity contribution < 1.29 is 22.3 Å². The van der Waals surface area contributed by atoms with Gasteiger partial charge in [-0.3, -0.25) is 0 Å². The van der Waals surface area contributed by atoms with Gasteiger partial charge < -0.3 is 9.09 Å². The van der Waals surface area contributed by atoms with Crippen molar-refractivity contribution in [2.24, 2.45) is 0 Å². The molecule has 1 unspecified atom stereocenters. The molecule has 1 aromatic carbocycles. The number of aromatic nitrogens is 2. The largest absolute Gasteiger partial charge is 0.400 e. The Morgan fingerprint density at radius 3 is 2.52 bits per heavy atom. The van der Waals surface area contributed by atoms with Crippen LogP contribution in [0.1, 0.15) is 25.2 Å². The van der Waals surface area contributed by atoms with E-state index in [1.165, 1.54) is 18.8 Å². The molecular weight excluding hydrogens is 378 g/mol. The Morgan fingerprint density at radius 2 is 1.96 bits per heavy atom. The summed E-state index contributed by atoms with van der Waals surface area (Å²) < 4.78 is 59.7. The van der Waals surface area contributed by atoms with Crippen LogP contribution in [0.2, 0.25) is 0 Å². The molecule has 1 aliphatic heterocycles. The molecule has 2 heterocycles. The molecule has 1 aromatic heterocycles. The lowest BCUT2D eigenvalue weighted by Gasteiger charge is -2.32. The smallest absolute Gasteiger partial charge is 0.331 e. The SMILES string of the molecule is CP(=O)(c1ccc(-c2noc(C(F)(F)Cl)n2)cc1F)N1CCCCC1. The van der Waals surface area contributed by atoms with Crippen molar-refractivity contribution in [1.82, 2.24) is 14.8 Å². The van der Waals surface area contributed by atoms with Gasteiger partial charge in [-0.1, -0.05) is 17.6 Å². The Morgan fingerprint density at radius 1 is 1.28 bits per heavy atom. The van der Waals surface area contributed by atoms with Gasteiger partial charge in [0, 0.05) is 25.3 Å². The summed E-state index contributed by atoms with van der Waals surface area (Å²) in [5.41, 5.74) is 0.135.